The Balaban J connectivity index is 2.05. The summed E-state index contributed by atoms with van der Waals surface area (Å²) in [4.78, 5) is 4.21. The summed E-state index contributed by atoms with van der Waals surface area (Å²) in [6.45, 7) is 2.61. The molecule has 0 amide bonds. The second-order valence-electron chi connectivity index (χ2n) is 4.84. The fraction of sp³-hybridized carbons (Fsp3) is 0.294. The maximum absolute atomic E-state index is 13.8. The summed E-state index contributed by atoms with van der Waals surface area (Å²) < 4.78 is 13.8. The first kappa shape index (κ1) is 15.7. The van der Waals surface area contributed by atoms with Crippen LogP contribution in [0.2, 0.25) is 0 Å². The first-order valence-electron chi connectivity index (χ1n) is 6.75. The van der Waals surface area contributed by atoms with Crippen molar-refractivity contribution in [1.29, 1.82) is 0 Å². The van der Waals surface area contributed by atoms with Crippen LogP contribution in [0.1, 0.15) is 28.3 Å². The zero-order valence-electron chi connectivity index (χ0n) is 12.1. The summed E-state index contributed by atoms with van der Waals surface area (Å²) in [5.41, 5.74) is 0.705. The third-order valence-corrected chi connectivity index (χ3v) is 4.36. The summed E-state index contributed by atoms with van der Waals surface area (Å²) >= 11 is 1.60. The standard InChI is InChI=1S/C17H18FNOS/c1-13(16-7-3-4-8-17(16)18)19(2)12-15-10-9-14(21-15)6-5-11-20/h3-4,7-10,13,20H,11-12H2,1-2H3. The third kappa shape index (κ3) is 4.15. The minimum atomic E-state index is -0.169. The molecule has 1 N–H and O–H groups in total. The number of thiophene rings is 1. The third-order valence-electron chi connectivity index (χ3n) is 3.37. The van der Waals surface area contributed by atoms with Crippen molar-refractivity contribution in [1.82, 2.24) is 4.90 Å². The van der Waals surface area contributed by atoms with Crippen molar-refractivity contribution < 1.29 is 9.50 Å². The van der Waals surface area contributed by atoms with Crippen molar-refractivity contribution >= 4 is 11.3 Å². The molecule has 0 radical (unpaired) electrons. The number of aliphatic hydroxyl groups is 1. The number of halogens is 1. The Morgan fingerprint density at radius 1 is 1.29 bits per heavy atom. The smallest absolute Gasteiger partial charge is 0.127 e. The molecule has 110 valence electrons. The lowest BCUT2D eigenvalue weighted by atomic mass is 10.1. The lowest BCUT2D eigenvalue weighted by molar-refractivity contribution is 0.250. The molecule has 0 saturated heterocycles. The number of benzene rings is 1. The van der Waals surface area contributed by atoms with Gasteiger partial charge in [0.25, 0.3) is 0 Å². The molecule has 1 heterocycles. The van der Waals surface area contributed by atoms with Gasteiger partial charge in [0, 0.05) is 23.0 Å². The van der Waals surface area contributed by atoms with Crippen molar-refractivity contribution in [2.45, 2.75) is 19.5 Å². The van der Waals surface area contributed by atoms with Gasteiger partial charge in [0.15, 0.2) is 0 Å². The maximum atomic E-state index is 13.8. The van der Waals surface area contributed by atoms with Gasteiger partial charge in [-0.3, -0.25) is 4.90 Å². The van der Waals surface area contributed by atoms with Crippen LogP contribution in [0.25, 0.3) is 0 Å². The Kier molecular flexibility index (Phi) is 5.51. The predicted octanol–water partition coefficient (Wildman–Crippen LogP) is 3.42. The van der Waals surface area contributed by atoms with Crippen LogP contribution in [0, 0.1) is 17.7 Å². The highest BCUT2D eigenvalue weighted by Crippen LogP contribution is 2.25. The SMILES string of the molecule is CC(c1ccccc1F)N(C)Cc1ccc(C#CCO)s1. The van der Waals surface area contributed by atoms with Gasteiger partial charge < -0.3 is 5.11 Å². The molecule has 2 rings (SSSR count). The maximum Gasteiger partial charge on any atom is 0.127 e. The van der Waals surface area contributed by atoms with E-state index in [9.17, 15) is 4.39 Å². The molecule has 0 bridgehead atoms. The number of hydrogen-bond donors (Lipinski definition) is 1. The van der Waals surface area contributed by atoms with Gasteiger partial charge in [-0.25, -0.2) is 4.39 Å². The van der Waals surface area contributed by atoms with E-state index in [2.05, 4.69) is 16.7 Å². The van der Waals surface area contributed by atoms with Crippen molar-refractivity contribution in [3.05, 3.63) is 57.5 Å². The average Bonchev–Trinajstić information content (AvgIpc) is 2.92. The van der Waals surface area contributed by atoms with E-state index in [1.54, 1.807) is 17.4 Å². The monoisotopic (exact) mass is 303 g/mol. The van der Waals surface area contributed by atoms with Gasteiger partial charge in [0.2, 0.25) is 0 Å². The minimum Gasteiger partial charge on any atom is -0.384 e. The van der Waals surface area contributed by atoms with Gasteiger partial charge in [0.1, 0.15) is 12.4 Å². The van der Waals surface area contributed by atoms with E-state index in [1.165, 1.54) is 10.9 Å². The molecule has 0 saturated carbocycles. The van der Waals surface area contributed by atoms with Crippen LogP contribution in [0.15, 0.2) is 36.4 Å². The molecule has 0 fully saturated rings. The fourth-order valence-electron chi connectivity index (χ4n) is 2.09. The normalized spacial score (nSPS) is 12.0. The summed E-state index contributed by atoms with van der Waals surface area (Å²) in [5, 5.41) is 8.69. The first-order chi connectivity index (χ1) is 10.1. The van der Waals surface area contributed by atoms with E-state index in [4.69, 9.17) is 5.11 Å². The fourth-order valence-corrected chi connectivity index (χ4v) is 3.04. The van der Waals surface area contributed by atoms with E-state index < -0.39 is 0 Å². The molecule has 0 aliphatic heterocycles. The molecule has 1 aromatic carbocycles. The largest absolute Gasteiger partial charge is 0.384 e. The topological polar surface area (TPSA) is 23.5 Å². The Labute approximate surface area is 128 Å². The first-order valence-corrected chi connectivity index (χ1v) is 7.56. The molecule has 1 aromatic heterocycles. The summed E-state index contributed by atoms with van der Waals surface area (Å²) in [5.74, 6) is 5.37. The zero-order chi connectivity index (χ0) is 15.2. The van der Waals surface area contributed by atoms with E-state index in [0.717, 1.165) is 11.4 Å². The number of aliphatic hydroxyl groups excluding tert-OH is 1. The van der Waals surface area contributed by atoms with Gasteiger partial charge in [-0.15, -0.1) is 11.3 Å². The Morgan fingerprint density at radius 2 is 2.05 bits per heavy atom. The van der Waals surface area contributed by atoms with Crippen molar-refractivity contribution in [2.24, 2.45) is 0 Å². The molecule has 2 aromatic rings. The minimum absolute atomic E-state index is 0.000256. The second-order valence-corrected chi connectivity index (χ2v) is 6.01. The van der Waals surface area contributed by atoms with Crippen LogP contribution >= 0.6 is 11.3 Å². The van der Waals surface area contributed by atoms with Crippen molar-refractivity contribution in [2.75, 3.05) is 13.7 Å². The molecule has 4 heteroatoms. The van der Waals surface area contributed by atoms with Crippen LogP contribution < -0.4 is 0 Å². The molecule has 21 heavy (non-hydrogen) atoms. The van der Waals surface area contributed by atoms with Crippen LogP contribution in [-0.2, 0) is 6.54 Å². The molecule has 2 nitrogen and oxygen atoms in total. The summed E-state index contributed by atoms with van der Waals surface area (Å²) in [6.07, 6.45) is 0. The number of nitrogens with zero attached hydrogens (tertiary/aromatic N) is 1. The van der Waals surface area contributed by atoms with Crippen molar-refractivity contribution in [3.8, 4) is 11.8 Å². The Hall–Kier alpha value is -1.67. The Bertz CT molecular complexity index is 656. The van der Waals surface area contributed by atoms with Crippen LogP contribution in [0.4, 0.5) is 4.39 Å². The lowest BCUT2D eigenvalue weighted by Gasteiger charge is -2.24. The molecule has 0 aliphatic carbocycles. The van der Waals surface area contributed by atoms with E-state index in [1.807, 2.05) is 38.2 Å². The zero-order valence-corrected chi connectivity index (χ0v) is 13.0. The second kappa shape index (κ2) is 7.37. The predicted molar refractivity (Wildman–Crippen MR) is 84.6 cm³/mol. The van der Waals surface area contributed by atoms with Gasteiger partial charge in [0.05, 0.1) is 4.88 Å². The van der Waals surface area contributed by atoms with E-state index in [0.29, 0.717) is 5.56 Å². The summed E-state index contributed by atoms with van der Waals surface area (Å²) in [7, 11) is 1.98. The quantitative estimate of drug-likeness (QED) is 0.875. The van der Waals surface area contributed by atoms with Gasteiger partial charge >= 0.3 is 0 Å². The molecule has 0 spiro atoms. The molecular formula is C17H18FNOS. The highest BCUT2D eigenvalue weighted by atomic mass is 32.1. The van der Waals surface area contributed by atoms with Gasteiger partial charge in [-0.2, -0.15) is 0 Å². The van der Waals surface area contributed by atoms with Crippen LogP contribution in [0.5, 0.6) is 0 Å². The van der Waals surface area contributed by atoms with Gasteiger partial charge in [-0.1, -0.05) is 30.0 Å². The van der Waals surface area contributed by atoms with Crippen LogP contribution in [-0.4, -0.2) is 23.7 Å². The average molecular weight is 303 g/mol. The lowest BCUT2D eigenvalue weighted by Crippen LogP contribution is -2.22. The number of hydrogen-bond acceptors (Lipinski definition) is 3. The highest BCUT2D eigenvalue weighted by molar-refractivity contribution is 7.12. The molecule has 1 unspecified atom stereocenters. The Morgan fingerprint density at radius 3 is 2.76 bits per heavy atom. The molecular weight excluding hydrogens is 285 g/mol. The van der Waals surface area contributed by atoms with E-state index in [-0.39, 0.29) is 18.5 Å². The van der Waals surface area contributed by atoms with Gasteiger partial charge in [-0.05, 0) is 32.2 Å². The van der Waals surface area contributed by atoms with Crippen LogP contribution in [0.3, 0.4) is 0 Å². The summed E-state index contributed by atoms with van der Waals surface area (Å²) in [6, 6.07) is 10.9. The number of rotatable bonds is 4. The molecule has 1 atom stereocenters. The molecule has 0 aliphatic rings. The highest BCUT2D eigenvalue weighted by Gasteiger charge is 2.15. The van der Waals surface area contributed by atoms with E-state index >= 15 is 0 Å². The van der Waals surface area contributed by atoms with Crippen molar-refractivity contribution in [3.63, 3.8) is 0 Å².